The van der Waals surface area contributed by atoms with Crippen LogP contribution in [0, 0.1) is 24.4 Å². The molecular formula is C14H10ClF3O. The first-order chi connectivity index (χ1) is 9.01. The van der Waals surface area contributed by atoms with Crippen molar-refractivity contribution in [1.82, 2.24) is 0 Å². The molecule has 0 N–H and O–H groups in total. The predicted octanol–water partition coefficient (Wildman–Crippen LogP) is 4.94. The Hall–Kier alpha value is -1.68. The zero-order chi connectivity index (χ0) is 14.0. The molecule has 0 saturated carbocycles. The maximum atomic E-state index is 13.6. The summed E-state index contributed by atoms with van der Waals surface area (Å²) < 4.78 is 45.7. The summed E-state index contributed by atoms with van der Waals surface area (Å²) in [6.07, 6.45) is 0. The zero-order valence-corrected chi connectivity index (χ0v) is 10.8. The summed E-state index contributed by atoms with van der Waals surface area (Å²) in [4.78, 5) is 0. The summed E-state index contributed by atoms with van der Waals surface area (Å²) in [6, 6.07) is 6.13. The number of rotatable bonds is 3. The molecule has 0 aromatic heterocycles. The van der Waals surface area contributed by atoms with Gasteiger partial charge in [-0.1, -0.05) is 6.07 Å². The van der Waals surface area contributed by atoms with Gasteiger partial charge in [-0.05, 0) is 36.2 Å². The monoisotopic (exact) mass is 286 g/mol. The van der Waals surface area contributed by atoms with Gasteiger partial charge in [-0.25, -0.2) is 13.2 Å². The Morgan fingerprint density at radius 1 is 1.00 bits per heavy atom. The summed E-state index contributed by atoms with van der Waals surface area (Å²) in [6.45, 7) is 1.58. The van der Waals surface area contributed by atoms with E-state index in [0.29, 0.717) is 11.1 Å². The van der Waals surface area contributed by atoms with Gasteiger partial charge in [0.25, 0.3) is 0 Å². The highest BCUT2D eigenvalue weighted by Gasteiger charge is 2.14. The van der Waals surface area contributed by atoms with Crippen LogP contribution in [0.1, 0.15) is 11.1 Å². The minimum atomic E-state index is -0.878. The van der Waals surface area contributed by atoms with Gasteiger partial charge in [-0.15, -0.1) is 11.6 Å². The fraction of sp³-hybridized carbons (Fsp3) is 0.143. The summed E-state index contributed by atoms with van der Waals surface area (Å²) in [5.41, 5.74) is 0.727. The second-order valence-corrected chi connectivity index (χ2v) is 4.30. The number of aryl methyl sites for hydroxylation is 1. The van der Waals surface area contributed by atoms with E-state index in [2.05, 4.69) is 0 Å². The molecule has 0 saturated heterocycles. The maximum absolute atomic E-state index is 13.6. The van der Waals surface area contributed by atoms with E-state index in [9.17, 15) is 13.2 Å². The molecular weight excluding hydrogens is 277 g/mol. The molecule has 2 aromatic carbocycles. The average molecular weight is 287 g/mol. The van der Waals surface area contributed by atoms with Crippen molar-refractivity contribution in [3.8, 4) is 11.5 Å². The van der Waals surface area contributed by atoms with Gasteiger partial charge >= 0.3 is 0 Å². The predicted molar refractivity (Wildman–Crippen MR) is 67.1 cm³/mol. The van der Waals surface area contributed by atoms with Crippen molar-refractivity contribution in [3.63, 3.8) is 0 Å². The van der Waals surface area contributed by atoms with Crippen LogP contribution in [0.3, 0.4) is 0 Å². The maximum Gasteiger partial charge on any atom is 0.198 e. The molecule has 0 heterocycles. The lowest BCUT2D eigenvalue weighted by atomic mass is 10.2. The molecule has 0 aliphatic heterocycles. The molecule has 2 aromatic rings. The standard InChI is InChI=1S/C14H10ClF3O/c1-8-2-3-10(6-11(8)16)19-14-12(17)4-9(7-15)5-13(14)18/h2-6H,7H2,1H3. The molecule has 1 nitrogen and oxygen atoms in total. The average Bonchev–Trinajstić information content (AvgIpc) is 2.37. The Labute approximate surface area is 113 Å². The molecule has 100 valence electrons. The normalized spacial score (nSPS) is 10.6. The van der Waals surface area contributed by atoms with Crippen LogP contribution >= 0.6 is 11.6 Å². The highest BCUT2D eigenvalue weighted by atomic mass is 35.5. The Bertz CT molecular complexity index is 591. The molecule has 0 fully saturated rings. The molecule has 0 bridgehead atoms. The van der Waals surface area contributed by atoms with E-state index in [1.54, 1.807) is 6.92 Å². The SMILES string of the molecule is Cc1ccc(Oc2c(F)cc(CCl)cc2F)cc1F. The van der Waals surface area contributed by atoms with E-state index in [4.69, 9.17) is 16.3 Å². The van der Waals surface area contributed by atoms with Crippen molar-refractivity contribution >= 4 is 11.6 Å². The summed E-state index contributed by atoms with van der Waals surface area (Å²) in [7, 11) is 0. The van der Waals surface area contributed by atoms with Crippen LogP contribution in [0.15, 0.2) is 30.3 Å². The van der Waals surface area contributed by atoms with Gasteiger partial charge in [0.1, 0.15) is 11.6 Å². The first-order valence-corrected chi connectivity index (χ1v) is 6.02. The minimum absolute atomic E-state index is 0.00667. The molecule has 0 atom stereocenters. The second kappa shape index (κ2) is 5.53. The minimum Gasteiger partial charge on any atom is -0.451 e. The van der Waals surface area contributed by atoms with Gasteiger partial charge < -0.3 is 4.74 Å². The third kappa shape index (κ3) is 3.01. The van der Waals surface area contributed by atoms with Gasteiger partial charge in [0.2, 0.25) is 0 Å². The fourth-order valence-corrected chi connectivity index (χ4v) is 1.70. The van der Waals surface area contributed by atoms with Gasteiger partial charge in [-0.3, -0.25) is 0 Å². The highest BCUT2D eigenvalue weighted by molar-refractivity contribution is 6.17. The van der Waals surface area contributed by atoms with E-state index in [0.717, 1.165) is 18.2 Å². The van der Waals surface area contributed by atoms with Gasteiger partial charge in [-0.2, -0.15) is 0 Å². The lowest BCUT2D eigenvalue weighted by molar-refractivity contribution is 0.404. The third-order valence-electron chi connectivity index (χ3n) is 2.58. The first-order valence-electron chi connectivity index (χ1n) is 5.49. The lowest BCUT2D eigenvalue weighted by Crippen LogP contribution is -1.95. The number of alkyl halides is 1. The summed E-state index contributed by atoms with van der Waals surface area (Å²) in [5, 5.41) is 0. The molecule has 0 spiro atoms. The van der Waals surface area contributed by atoms with Crippen molar-refractivity contribution in [2.24, 2.45) is 0 Å². The molecule has 5 heteroatoms. The summed E-state index contributed by atoms with van der Waals surface area (Å²) in [5.74, 6) is -2.81. The second-order valence-electron chi connectivity index (χ2n) is 4.04. The largest absolute Gasteiger partial charge is 0.451 e. The number of benzene rings is 2. The van der Waals surface area contributed by atoms with Crippen LogP contribution < -0.4 is 4.74 Å². The Morgan fingerprint density at radius 3 is 2.16 bits per heavy atom. The molecule has 0 unspecified atom stereocenters. The topological polar surface area (TPSA) is 9.23 Å². The highest BCUT2D eigenvalue weighted by Crippen LogP contribution is 2.29. The first kappa shape index (κ1) is 13.7. The Kier molecular flexibility index (Phi) is 4.00. The van der Waals surface area contributed by atoms with Crippen LogP contribution in [0.2, 0.25) is 0 Å². The smallest absolute Gasteiger partial charge is 0.198 e. The van der Waals surface area contributed by atoms with E-state index in [1.807, 2.05) is 0 Å². The van der Waals surface area contributed by atoms with Crippen molar-refractivity contribution in [1.29, 1.82) is 0 Å². The lowest BCUT2D eigenvalue weighted by Gasteiger charge is -2.09. The Morgan fingerprint density at radius 2 is 1.63 bits per heavy atom. The summed E-state index contributed by atoms with van der Waals surface area (Å²) >= 11 is 5.50. The van der Waals surface area contributed by atoms with E-state index in [1.165, 1.54) is 12.1 Å². The number of hydrogen-bond acceptors (Lipinski definition) is 1. The molecule has 0 amide bonds. The van der Waals surface area contributed by atoms with Gasteiger partial charge in [0, 0.05) is 11.9 Å². The third-order valence-corrected chi connectivity index (χ3v) is 2.88. The molecule has 0 aliphatic rings. The molecule has 19 heavy (non-hydrogen) atoms. The number of halogens is 4. The quantitative estimate of drug-likeness (QED) is 0.726. The van der Waals surface area contributed by atoms with E-state index < -0.39 is 23.2 Å². The van der Waals surface area contributed by atoms with E-state index >= 15 is 0 Å². The number of ether oxygens (including phenoxy) is 1. The van der Waals surface area contributed by atoms with Gasteiger partial charge in [0.05, 0.1) is 0 Å². The Balaban J connectivity index is 2.35. The van der Waals surface area contributed by atoms with Crippen molar-refractivity contribution < 1.29 is 17.9 Å². The fourth-order valence-electron chi connectivity index (χ4n) is 1.54. The van der Waals surface area contributed by atoms with Gasteiger partial charge in [0.15, 0.2) is 17.4 Å². The molecule has 2 rings (SSSR count). The van der Waals surface area contributed by atoms with Crippen LogP contribution in [0.5, 0.6) is 11.5 Å². The van der Waals surface area contributed by atoms with Crippen molar-refractivity contribution in [2.45, 2.75) is 12.8 Å². The van der Waals surface area contributed by atoms with E-state index in [-0.39, 0.29) is 11.6 Å². The van der Waals surface area contributed by atoms with Crippen LogP contribution in [0.25, 0.3) is 0 Å². The molecule has 0 radical (unpaired) electrons. The molecule has 0 aliphatic carbocycles. The number of hydrogen-bond donors (Lipinski definition) is 0. The van der Waals surface area contributed by atoms with Crippen LogP contribution in [-0.4, -0.2) is 0 Å². The van der Waals surface area contributed by atoms with Crippen molar-refractivity contribution in [3.05, 3.63) is 58.9 Å². The van der Waals surface area contributed by atoms with Crippen LogP contribution in [-0.2, 0) is 5.88 Å². The van der Waals surface area contributed by atoms with Crippen LogP contribution in [0.4, 0.5) is 13.2 Å². The van der Waals surface area contributed by atoms with Crippen molar-refractivity contribution in [2.75, 3.05) is 0 Å². The zero-order valence-electron chi connectivity index (χ0n) is 10.0.